The Labute approximate surface area is 210 Å². The molecule has 1 heterocycles. The van der Waals surface area contributed by atoms with Crippen LogP contribution in [0.2, 0.25) is 5.02 Å². The molecule has 0 aliphatic carbocycles. The summed E-state index contributed by atoms with van der Waals surface area (Å²) in [6.07, 6.45) is -3.07. The van der Waals surface area contributed by atoms with Crippen molar-refractivity contribution in [3.05, 3.63) is 87.9 Å². The number of carboxylic acid groups (broad SMARTS) is 1. The third-order valence-electron chi connectivity index (χ3n) is 5.89. The van der Waals surface area contributed by atoms with Crippen molar-refractivity contribution >= 4 is 40.3 Å². The zero-order chi connectivity index (χ0) is 25.8. The third-order valence-corrected chi connectivity index (χ3v) is 7.36. The summed E-state index contributed by atoms with van der Waals surface area (Å²) in [6.45, 7) is 3.67. The fraction of sp³-hybridized carbons (Fsp3) is 0.231. The van der Waals surface area contributed by atoms with Gasteiger partial charge in [-0.3, -0.25) is 4.79 Å². The lowest BCUT2D eigenvalue weighted by Crippen LogP contribution is -2.34. The second-order valence-electron chi connectivity index (χ2n) is 7.88. The van der Waals surface area contributed by atoms with Crippen LogP contribution in [0.1, 0.15) is 37.1 Å². The molecule has 0 aliphatic heterocycles. The van der Waals surface area contributed by atoms with Crippen molar-refractivity contribution in [2.45, 2.75) is 38.3 Å². The number of benzene rings is 2. The summed E-state index contributed by atoms with van der Waals surface area (Å²) in [5, 5.41) is 10.2. The van der Waals surface area contributed by atoms with Gasteiger partial charge in [-0.1, -0.05) is 55.8 Å². The molecule has 0 radical (unpaired) electrons. The van der Waals surface area contributed by atoms with Gasteiger partial charge in [-0.2, -0.15) is 13.2 Å². The van der Waals surface area contributed by atoms with E-state index in [0.717, 1.165) is 16.5 Å². The van der Waals surface area contributed by atoms with E-state index in [1.54, 1.807) is 48.5 Å². The first-order valence-corrected chi connectivity index (χ1v) is 12.0. The summed E-state index contributed by atoms with van der Waals surface area (Å²) in [5.41, 5.74) is 4.76. The van der Waals surface area contributed by atoms with Gasteiger partial charge in [0, 0.05) is 4.88 Å². The highest BCUT2D eigenvalue weighted by Crippen LogP contribution is 2.37. The molecule has 3 aromatic rings. The van der Waals surface area contributed by atoms with E-state index >= 15 is 0 Å². The van der Waals surface area contributed by atoms with Crippen molar-refractivity contribution in [3.8, 4) is 10.4 Å². The lowest BCUT2D eigenvalue weighted by atomic mass is 9.75. The van der Waals surface area contributed by atoms with Crippen molar-refractivity contribution in [3.63, 3.8) is 0 Å². The molecule has 1 aromatic heterocycles. The third kappa shape index (κ3) is 5.77. The van der Waals surface area contributed by atoms with E-state index in [-0.39, 0.29) is 10.7 Å². The van der Waals surface area contributed by atoms with Gasteiger partial charge in [0.15, 0.2) is 0 Å². The number of carbonyl (C=O) groups is 1. The molecular formula is C26H24ClF3N2O2S. The molecule has 0 spiro atoms. The number of hydrogen-bond donors (Lipinski definition) is 2. The number of thiophene rings is 1. The van der Waals surface area contributed by atoms with Gasteiger partial charge in [0.2, 0.25) is 0 Å². The molecule has 2 aromatic carbocycles. The monoisotopic (exact) mass is 520 g/mol. The first-order valence-electron chi connectivity index (χ1n) is 10.8. The molecule has 9 heteroatoms. The average molecular weight is 521 g/mol. The number of hydrogen-bond acceptors (Lipinski definition) is 4. The Morgan fingerprint density at radius 1 is 1.09 bits per heavy atom. The van der Waals surface area contributed by atoms with Gasteiger partial charge in [0.25, 0.3) is 0 Å². The minimum absolute atomic E-state index is 0.0160. The first-order chi connectivity index (χ1) is 16.5. The fourth-order valence-corrected chi connectivity index (χ4v) is 4.89. The lowest BCUT2D eigenvalue weighted by molar-refractivity contribution is -0.144. The second kappa shape index (κ2) is 10.7. The molecule has 0 amide bonds. The maximum Gasteiger partial charge on any atom is 0.430 e. The van der Waals surface area contributed by atoms with E-state index in [2.05, 4.69) is 4.99 Å². The number of para-hydroxylation sites is 1. The number of alkyl halides is 3. The second-order valence-corrected chi connectivity index (χ2v) is 9.38. The number of rotatable bonds is 8. The molecule has 3 rings (SSSR count). The summed E-state index contributed by atoms with van der Waals surface area (Å²) >= 11 is 7.40. The number of nitrogens with two attached hydrogens (primary N) is 1. The first kappa shape index (κ1) is 26.5. The Kier molecular flexibility index (Phi) is 8.07. The number of allylic oxidation sites excluding steroid dienone is 2. The van der Waals surface area contributed by atoms with Crippen LogP contribution in [-0.4, -0.2) is 23.0 Å². The molecule has 0 atom stereocenters. The zero-order valence-electron chi connectivity index (χ0n) is 19.1. The minimum Gasteiger partial charge on any atom is -0.481 e. The van der Waals surface area contributed by atoms with Crippen molar-refractivity contribution in [2.24, 2.45) is 10.7 Å². The summed E-state index contributed by atoms with van der Waals surface area (Å²) in [7, 11) is 0. The standard InChI is InChI=1S/C26H24ClF3N2O2S/c1-3-25(4-2,24(33)34)17-9-7-8-16(14-17)21-12-13-22(35-21)20(15-23(31)26(28,29)30)32-19-11-6-5-10-18(19)27/h5-15H,3-4,31H2,1-2H3,(H,33,34). The van der Waals surface area contributed by atoms with Crippen molar-refractivity contribution in [2.75, 3.05) is 0 Å². The van der Waals surface area contributed by atoms with Gasteiger partial charge in [0.1, 0.15) is 5.70 Å². The predicted molar refractivity (Wildman–Crippen MR) is 136 cm³/mol. The highest BCUT2D eigenvalue weighted by molar-refractivity contribution is 7.17. The highest BCUT2D eigenvalue weighted by Gasteiger charge is 2.37. The molecule has 0 fully saturated rings. The molecular weight excluding hydrogens is 497 g/mol. The molecule has 0 unspecified atom stereocenters. The maximum atomic E-state index is 13.2. The molecule has 184 valence electrons. The highest BCUT2D eigenvalue weighted by atomic mass is 35.5. The zero-order valence-corrected chi connectivity index (χ0v) is 20.6. The Bertz CT molecular complexity index is 1280. The van der Waals surface area contributed by atoms with Gasteiger partial charge in [0.05, 0.1) is 26.7 Å². The number of aliphatic imine (C=N–C) groups is 1. The van der Waals surface area contributed by atoms with Crippen molar-refractivity contribution < 1.29 is 23.1 Å². The van der Waals surface area contributed by atoms with Gasteiger partial charge in [-0.15, -0.1) is 11.3 Å². The Morgan fingerprint density at radius 3 is 2.37 bits per heavy atom. The van der Waals surface area contributed by atoms with E-state index in [9.17, 15) is 23.1 Å². The minimum atomic E-state index is -4.71. The number of halogens is 4. The van der Waals surface area contributed by atoms with Crippen LogP contribution in [0.5, 0.6) is 0 Å². The molecule has 0 bridgehead atoms. The molecule has 4 nitrogen and oxygen atoms in total. The van der Waals surface area contributed by atoms with E-state index < -0.39 is 23.3 Å². The van der Waals surface area contributed by atoms with Crippen LogP contribution in [0.15, 0.2) is 77.4 Å². The van der Waals surface area contributed by atoms with Crippen LogP contribution in [0.3, 0.4) is 0 Å². The van der Waals surface area contributed by atoms with Crippen molar-refractivity contribution in [1.29, 1.82) is 0 Å². The van der Waals surface area contributed by atoms with E-state index in [1.807, 2.05) is 26.0 Å². The Hall–Kier alpha value is -3.10. The van der Waals surface area contributed by atoms with Crippen LogP contribution in [0.25, 0.3) is 10.4 Å². The van der Waals surface area contributed by atoms with Crippen LogP contribution < -0.4 is 5.73 Å². The summed E-state index contributed by atoms with van der Waals surface area (Å²) in [5.74, 6) is -0.895. The van der Waals surface area contributed by atoms with Gasteiger partial charge >= 0.3 is 12.1 Å². The Morgan fingerprint density at radius 2 is 1.77 bits per heavy atom. The molecule has 3 N–H and O–H groups in total. The topological polar surface area (TPSA) is 75.7 Å². The van der Waals surface area contributed by atoms with E-state index in [4.69, 9.17) is 17.3 Å². The quantitative estimate of drug-likeness (QED) is 0.298. The predicted octanol–water partition coefficient (Wildman–Crippen LogP) is 7.74. The maximum absolute atomic E-state index is 13.2. The largest absolute Gasteiger partial charge is 0.481 e. The normalized spacial score (nSPS) is 13.2. The van der Waals surface area contributed by atoms with Gasteiger partial charge in [-0.25, -0.2) is 4.99 Å². The van der Waals surface area contributed by atoms with Crippen LogP contribution in [0.4, 0.5) is 18.9 Å². The number of aliphatic carboxylic acids is 1. The van der Waals surface area contributed by atoms with E-state index in [1.165, 1.54) is 11.3 Å². The molecule has 0 aliphatic rings. The summed E-state index contributed by atoms with van der Waals surface area (Å²) in [6, 6.07) is 17.2. The SMILES string of the molecule is CCC(CC)(C(=O)O)c1cccc(-c2ccc(C(C=C(N)C(F)(F)F)=Nc3ccccc3Cl)s2)c1. The molecule has 0 saturated heterocycles. The summed E-state index contributed by atoms with van der Waals surface area (Å²) < 4.78 is 39.5. The van der Waals surface area contributed by atoms with Crippen LogP contribution in [0, 0.1) is 0 Å². The summed E-state index contributed by atoms with van der Waals surface area (Å²) in [4.78, 5) is 17.6. The fourth-order valence-electron chi connectivity index (χ4n) is 3.74. The number of nitrogens with zero attached hydrogens (tertiary/aromatic N) is 1. The lowest BCUT2D eigenvalue weighted by Gasteiger charge is -2.27. The number of carboxylic acids is 1. The Balaban J connectivity index is 2.10. The smallest absolute Gasteiger partial charge is 0.430 e. The van der Waals surface area contributed by atoms with E-state index in [0.29, 0.717) is 29.0 Å². The van der Waals surface area contributed by atoms with Gasteiger partial charge in [-0.05, 0) is 60.4 Å². The molecule has 0 saturated carbocycles. The van der Waals surface area contributed by atoms with Crippen LogP contribution in [-0.2, 0) is 10.2 Å². The molecule has 35 heavy (non-hydrogen) atoms. The van der Waals surface area contributed by atoms with Gasteiger partial charge < -0.3 is 10.8 Å². The van der Waals surface area contributed by atoms with Crippen molar-refractivity contribution in [1.82, 2.24) is 0 Å². The average Bonchev–Trinajstić information content (AvgIpc) is 3.31. The van der Waals surface area contributed by atoms with Crippen LogP contribution >= 0.6 is 22.9 Å².